The third kappa shape index (κ3) is 6.87. The van der Waals surface area contributed by atoms with E-state index in [1.165, 1.54) is 27.7 Å². The van der Waals surface area contributed by atoms with Gasteiger partial charge in [-0.15, -0.1) is 0 Å². The van der Waals surface area contributed by atoms with Gasteiger partial charge in [-0.1, -0.05) is 0 Å². The number of rotatable bonds is 10. The molecule has 0 fully saturated rings. The van der Waals surface area contributed by atoms with Crippen LogP contribution in [0.1, 0.15) is 27.7 Å². The maximum absolute atomic E-state index is 12.1. The summed E-state index contributed by atoms with van der Waals surface area (Å²) in [6, 6.07) is -1.61. The van der Waals surface area contributed by atoms with E-state index >= 15 is 0 Å². The van der Waals surface area contributed by atoms with Gasteiger partial charge in [0.15, 0.2) is 11.1 Å². The van der Waals surface area contributed by atoms with Gasteiger partial charge in [0.05, 0.1) is 38.5 Å². The van der Waals surface area contributed by atoms with E-state index in [0.717, 1.165) is 0 Å². The fourth-order valence-electron chi connectivity index (χ4n) is 1.36. The van der Waals surface area contributed by atoms with Crippen LogP contribution >= 0.6 is 0 Å². The van der Waals surface area contributed by atoms with Crippen molar-refractivity contribution in [2.75, 3.05) is 26.4 Å². The van der Waals surface area contributed by atoms with Crippen LogP contribution in [0.4, 0.5) is 0 Å². The fraction of sp³-hybridized carbons (Fsp3) is 0.857. The predicted octanol–water partition coefficient (Wildman–Crippen LogP) is -2.07. The lowest BCUT2D eigenvalue weighted by atomic mass is 10.0. The Balaban J connectivity index is 4.98. The number of carbonyl (C=O) groups excluding carboxylic acids is 2. The second kappa shape index (κ2) is 9.62. The van der Waals surface area contributed by atoms with E-state index in [1.54, 1.807) is 0 Å². The van der Waals surface area contributed by atoms with Gasteiger partial charge in [-0.3, -0.25) is 9.59 Å². The van der Waals surface area contributed by atoms with Crippen molar-refractivity contribution in [2.45, 2.75) is 50.9 Å². The maximum atomic E-state index is 12.1. The van der Waals surface area contributed by atoms with Crippen LogP contribution in [0.5, 0.6) is 0 Å². The van der Waals surface area contributed by atoms with Gasteiger partial charge in [-0.25, -0.2) is 0 Å². The number of amides is 2. The van der Waals surface area contributed by atoms with E-state index in [0.29, 0.717) is 0 Å². The van der Waals surface area contributed by atoms with Crippen LogP contribution in [-0.4, -0.2) is 81.8 Å². The normalized spacial score (nSPS) is 12.9. The van der Waals surface area contributed by atoms with E-state index < -0.39 is 61.4 Å². The van der Waals surface area contributed by atoms with Gasteiger partial charge in [-0.05, 0) is 27.7 Å². The van der Waals surface area contributed by atoms with Crippen LogP contribution < -0.4 is 10.6 Å². The summed E-state index contributed by atoms with van der Waals surface area (Å²) in [7, 11) is 0. The molecule has 10 nitrogen and oxygen atoms in total. The average Bonchev–Trinajstić information content (AvgIpc) is 2.55. The number of nitrogens with zero attached hydrogens (tertiary/aromatic N) is 2. The van der Waals surface area contributed by atoms with Crippen LogP contribution in [0.15, 0.2) is 10.2 Å². The molecule has 0 aromatic heterocycles. The Morgan fingerprint density at radius 2 is 1.00 bits per heavy atom. The quantitative estimate of drug-likeness (QED) is 0.248. The second-order valence-corrected chi connectivity index (χ2v) is 6.39. The van der Waals surface area contributed by atoms with Gasteiger partial charge in [0.25, 0.3) is 0 Å². The minimum absolute atomic E-state index is 0.424. The smallest absolute Gasteiger partial charge is 0.249 e. The maximum Gasteiger partial charge on any atom is 0.249 e. The number of hydrogen-bond acceptors (Lipinski definition) is 8. The first kappa shape index (κ1) is 22.4. The third-order valence-electron chi connectivity index (χ3n) is 3.21. The molecule has 0 radical (unpaired) electrons. The standard InChI is InChI=1S/C14H28N4O6/c1-13(2,11(23)15-9(5-19)6-20)17-18-14(3,4)12(24)16-10(7-21)8-22/h9-10,19-22H,5-8H2,1-4H3,(H,15,23)(H,16,24). The summed E-state index contributed by atoms with van der Waals surface area (Å²) in [6.45, 7) is 4.18. The molecule has 0 unspecified atom stereocenters. The largest absolute Gasteiger partial charge is 0.394 e. The molecule has 0 aromatic rings. The molecule has 0 aliphatic rings. The predicted molar refractivity (Wildman–Crippen MR) is 85.2 cm³/mol. The lowest BCUT2D eigenvalue weighted by Crippen LogP contribution is -2.50. The van der Waals surface area contributed by atoms with Gasteiger partial charge in [0.1, 0.15) is 0 Å². The first-order valence-electron chi connectivity index (χ1n) is 7.53. The molecular formula is C14H28N4O6. The van der Waals surface area contributed by atoms with Gasteiger partial charge in [0, 0.05) is 0 Å². The number of hydrogen-bond donors (Lipinski definition) is 6. The first-order chi connectivity index (χ1) is 11.0. The molecule has 10 heteroatoms. The highest BCUT2D eigenvalue weighted by Crippen LogP contribution is 2.17. The lowest BCUT2D eigenvalue weighted by Gasteiger charge is -2.25. The van der Waals surface area contributed by atoms with Crippen LogP contribution in [0.2, 0.25) is 0 Å². The molecule has 0 aliphatic heterocycles. The van der Waals surface area contributed by atoms with E-state index in [-0.39, 0.29) is 0 Å². The highest BCUT2D eigenvalue weighted by molar-refractivity contribution is 5.87. The van der Waals surface area contributed by atoms with Crippen molar-refractivity contribution < 1.29 is 30.0 Å². The van der Waals surface area contributed by atoms with Gasteiger partial charge >= 0.3 is 0 Å². The molecule has 0 spiro atoms. The molecule has 140 valence electrons. The molecule has 6 N–H and O–H groups in total. The fourth-order valence-corrected chi connectivity index (χ4v) is 1.36. The summed E-state index contributed by atoms with van der Waals surface area (Å²) in [5.74, 6) is -1.14. The molecular weight excluding hydrogens is 320 g/mol. The summed E-state index contributed by atoms with van der Waals surface area (Å²) in [5.41, 5.74) is -2.65. The molecule has 2 amide bonds. The van der Waals surface area contributed by atoms with Gasteiger partial charge in [-0.2, -0.15) is 10.2 Å². The second-order valence-electron chi connectivity index (χ2n) is 6.39. The molecule has 0 heterocycles. The first-order valence-corrected chi connectivity index (χ1v) is 7.53. The Morgan fingerprint density at radius 1 is 0.750 bits per heavy atom. The number of aliphatic hydroxyl groups is 4. The molecule has 0 rings (SSSR count). The monoisotopic (exact) mass is 348 g/mol. The summed E-state index contributed by atoms with van der Waals surface area (Å²) in [6.07, 6.45) is 0. The summed E-state index contributed by atoms with van der Waals surface area (Å²) < 4.78 is 0. The lowest BCUT2D eigenvalue weighted by molar-refractivity contribution is -0.128. The Labute approximate surface area is 141 Å². The Kier molecular flexibility index (Phi) is 8.97. The number of carbonyl (C=O) groups is 2. The van der Waals surface area contributed by atoms with Gasteiger partial charge < -0.3 is 31.1 Å². The van der Waals surface area contributed by atoms with Crippen LogP contribution in [0.25, 0.3) is 0 Å². The average molecular weight is 348 g/mol. The SMILES string of the molecule is CC(C)(N=NC(C)(C)C(=O)NC(CO)CO)C(=O)NC(CO)CO. The molecule has 0 saturated heterocycles. The summed E-state index contributed by atoms with van der Waals surface area (Å²) >= 11 is 0. The zero-order chi connectivity index (χ0) is 19.0. The number of nitrogens with one attached hydrogen (secondary N) is 2. The van der Waals surface area contributed by atoms with E-state index in [4.69, 9.17) is 20.4 Å². The number of aliphatic hydroxyl groups excluding tert-OH is 4. The molecule has 24 heavy (non-hydrogen) atoms. The Bertz CT molecular complexity index is 405. The zero-order valence-electron chi connectivity index (χ0n) is 14.5. The number of azo groups is 1. The molecule has 0 atom stereocenters. The van der Waals surface area contributed by atoms with E-state index in [1.807, 2.05) is 0 Å². The highest BCUT2D eigenvalue weighted by atomic mass is 16.3. The van der Waals surface area contributed by atoms with E-state index in [9.17, 15) is 9.59 Å². The molecule has 0 bridgehead atoms. The highest BCUT2D eigenvalue weighted by Gasteiger charge is 2.33. The van der Waals surface area contributed by atoms with Crippen molar-refractivity contribution in [3.63, 3.8) is 0 Å². The topological polar surface area (TPSA) is 164 Å². The summed E-state index contributed by atoms with van der Waals surface area (Å²) in [5, 5.41) is 48.5. The van der Waals surface area contributed by atoms with Crippen molar-refractivity contribution in [1.82, 2.24) is 10.6 Å². The Hall–Kier alpha value is -1.62. The van der Waals surface area contributed by atoms with Crippen molar-refractivity contribution in [2.24, 2.45) is 10.2 Å². The molecule has 0 aromatic carbocycles. The van der Waals surface area contributed by atoms with Crippen molar-refractivity contribution in [3.8, 4) is 0 Å². The van der Waals surface area contributed by atoms with Crippen molar-refractivity contribution in [3.05, 3.63) is 0 Å². The van der Waals surface area contributed by atoms with Crippen LogP contribution in [0, 0.1) is 0 Å². The van der Waals surface area contributed by atoms with Crippen molar-refractivity contribution in [1.29, 1.82) is 0 Å². The van der Waals surface area contributed by atoms with Crippen molar-refractivity contribution >= 4 is 11.8 Å². The van der Waals surface area contributed by atoms with Crippen LogP contribution in [-0.2, 0) is 9.59 Å². The summed E-state index contributed by atoms with van der Waals surface area (Å²) in [4.78, 5) is 24.2. The van der Waals surface area contributed by atoms with Gasteiger partial charge in [0.2, 0.25) is 11.8 Å². The van der Waals surface area contributed by atoms with E-state index in [2.05, 4.69) is 20.9 Å². The third-order valence-corrected chi connectivity index (χ3v) is 3.21. The minimum Gasteiger partial charge on any atom is -0.394 e. The molecule has 0 aliphatic carbocycles. The Morgan fingerprint density at radius 3 is 1.21 bits per heavy atom. The molecule has 0 saturated carbocycles. The van der Waals surface area contributed by atoms with Crippen LogP contribution in [0.3, 0.4) is 0 Å². The zero-order valence-corrected chi connectivity index (χ0v) is 14.5. The minimum atomic E-state index is -1.33.